The number of benzene rings is 1. The van der Waals surface area contributed by atoms with Gasteiger partial charge in [-0.3, -0.25) is 0 Å². The number of hydrogen-bond acceptors (Lipinski definition) is 4. The summed E-state index contributed by atoms with van der Waals surface area (Å²) >= 11 is 1.68. The quantitative estimate of drug-likeness (QED) is 0.881. The number of hydrogen-bond donors (Lipinski definition) is 1. The first-order valence-electron chi connectivity index (χ1n) is 6.27. The minimum absolute atomic E-state index is 0.0937. The van der Waals surface area contributed by atoms with Gasteiger partial charge in [0.2, 0.25) is 0 Å². The van der Waals surface area contributed by atoms with E-state index in [2.05, 4.69) is 6.07 Å². The van der Waals surface area contributed by atoms with Gasteiger partial charge in [0, 0.05) is 10.9 Å². The van der Waals surface area contributed by atoms with Crippen molar-refractivity contribution in [1.29, 1.82) is 0 Å². The molecule has 0 saturated heterocycles. The Morgan fingerprint density at radius 1 is 1.26 bits per heavy atom. The average molecular weight is 277 g/mol. The van der Waals surface area contributed by atoms with Gasteiger partial charge in [-0.05, 0) is 36.4 Å². The monoisotopic (exact) mass is 277 g/mol. The fraction of sp³-hybridized carbons (Fsp3) is 0.333. The highest BCUT2D eigenvalue weighted by atomic mass is 32.1. The van der Waals surface area contributed by atoms with E-state index in [9.17, 15) is 0 Å². The first kappa shape index (κ1) is 13.9. The van der Waals surface area contributed by atoms with Crippen molar-refractivity contribution >= 4 is 11.3 Å². The minimum Gasteiger partial charge on any atom is -0.493 e. The Morgan fingerprint density at radius 3 is 2.74 bits per heavy atom. The highest BCUT2D eigenvalue weighted by Crippen LogP contribution is 2.32. The predicted molar refractivity (Wildman–Crippen MR) is 79.0 cm³/mol. The lowest BCUT2D eigenvalue weighted by molar-refractivity contribution is 0.283. The van der Waals surface area contributed by atoms with Gasteiger partial charge in [0.25, 0.3) is 0 Å². The number of rotatable bonds is 6. The average Bonchev–Trinajstić information content (AvgIpc) is 2.89. The summed E-state index contributed by atoms with van der Waals surface area (Å²) in [7, 11) is 1.66. The molecule has 0 bridgehead atoms. The smallest absolute Gasteiger partial charge is 0.164 e. The van der Waals surface area contributed by atoms with E-state index < -0.39 is 0 Å². The standard InChI is InChI=1S/C15H19NO2S/c1-11(16)9-12-5-3-7-14(17-2)15(12)18-10-13-6-4-8-19-13/h3-8,11H,9-10,16H2,1-2H3. The molecule has 1 heterocycles. The molecule has 2 N–H and O–H groups in total. The van der Waals surface area contributed by atoms with Gasteiger partial charge >= 0.3 is 0 Å². The molecule has 0 amide bonds. The fourth-order valence-electron chi connectivity index (χ4n) is 1.93. The third-order valence-electron chi connectivity index (χ3n) is 2.76. The van der Waals surface area contributed by atoms with Crippen molar-refractivity contribution in [2.24, 2.45) is 5.73 Å². The molecule has 0 spiro atoms. The van der Waals surface area contributed by atoms with Crippen molar-refractivity contribution in [2.75, 3.05) is 7.11 Å². The van der Waals surface area contributed by atoms with Crippen LogP contribution in [0.2, 0.25) is 0 Å². The van der Waals surface area contributed by atoms with Crippen molar-refractivity contribution in [3.8, 4) is 11.5 Å². The van der Waals surface area contributed by atoms with Crippen LogP contribution in [0, 0.1) is 0 Å². The molecule has 1 aromatic carbocycles. The van der Waals surface area contributed by atoms with Gasteiger partial charge in [0.1, 0.15) is 6.61 Å². The lowest BCUT2D eigenvalue weighted by Crippen LogP contribution is -2.18. The molecule has 0 aliphatic rings. The Bertz CT molecular complexity index is 509. The third kappa shape index (κ3) is 3.72. The van der Waals surface area contributed by atoms with E-state index in [0.717, 1.165) is 23.5 Å². The Morgan fingerprint density at radius 2 is 2.11 bits per heavy atom. The zero-order valence-corrected chi connectivity index (χ0v) is 12.1. The minimum atomic E-state index is 0.0937. The van der Waals surface area contributed by atoms with E-state index in [4.69, 9.17) is 15.2 Å². The van der Waals surface area contributed by atoms with E-state index in [1.807, 2.05) is 36.6 Å². The zero-order chi connectivity index (χ0) is 13.7. The van der Waals surface area contributed by atoms with Crippen LogP contribution in [0.1, 0.15) is 17.4 Å². The van der Waals surface area contributed by atoms with Crippen LogP contribution in [0.4, 0.5) is 0 Å². The van der Waals surface area contributed by atoms with Crippen LogP contribution in [0.15, 0.2) is 35.7 Å². The molecule has 2 aromatic rings. The van der Waals surface area contributed by atoms with E-state index in [1.54, 1.807) is 18.4 Å². The lowest BCUT2D eigenvalue weighted by atomic mass is 10.1. The van der Waals surface area contributed by atoms with Crippen molar-refractivity contribution in [2.45, 2.75) is 26.0 Å². The molecule has 102 valence electrons. The normalized spacial score (nSPS) is 12.2. The largest absolute Gasteiger partial charge is 0.493 e. The Balaban J connectivity index is 2.19. The second kappa shape index (κ2) is 6.59. The van der Waals surface area contributed by atoms with E-state index in [-0.39, 0.29) is 6.04 Å². The number of nitrogens with two attached hydrogens (primary N) is 1. The van der Waals surface area contributed by atoms with Crippen LogP contribution >= 0.6 is 11.3 Å². The van der Waals surface area contributed by atoms with Gasteiger partial charge < -0.3 is 15.2 Å². The van der Waals surface area contributed by atoms with E-state index in [0.29, 0.717) is 6.61 Å². The maximum Gasteiger partial charge on any atom is 0.164 e. The molecule has 0 aliphatic heterocycles. The van der Waals surface area contributed by atoms with Crippen LogP contribution in [-0.2, 0) is 13.0 Å². The van der Waals surface area contributed by atoms with Gasteiger partial charge in [-0.25, -0.2) is 0 Å². The molecule has 1 unspecified atom stereocenters. The molecule has 2 rings (SSSR count). The highest BCUT2D eigenvalue weighted by Gasteiger charge is 2.12. The predicted octanol–water partition coefficient (Wildman–Crippen LogP) is 3.23. The molecule has 1 atom stereocenters. The van der Waals surface area contributed by atoms with E-state index in [1.165, 1.54) is 4.88 Å². The molecule has 0 radical (unpaired) electrons. The van der Waals surface area contributed by atoms with E-state index >= 15 is 0 Å². The Kier molecular flexibility index (Phi) is 4.82. The van der Waals surface area contributed by atoms with Crippen molar-refractivity contribution in [3.05, 3.63) is 46.2 Å². The molecule has 0 aliphatic carbocycles. The van der Waals surface area contributed by atoms with Gasteiger partial charge in [-0.15, -0.1) is 11.3 Å². The first-order valence-corrected chi connectivity index (χ1v) is 7.15. The molecular weight excluding hydrogens is 258 g/mol. The molecule has 4 heteroatoms. The molecule has 19 heavy (non-hydrogen) atoms. The fourth-order valence-corrected chi connectivity index (χ4v) is 2.55. The maximum atomic E-state index is 5.93. The second-order valence-electron chi connectivity index (χ2n) is 4.50. The molecule has 0 fully saturated rings. The summed E-state index contributed by atoms with van der Waals surface area (Å²) in [6.07, 6.45) is 0.775. The summed E-state index contributed by atoms with van der Waals surface area (Å²) in [5.74, 6) is 1.56. The summed E-state index contributed by atoms with van der Waals surface area (Å²) in [6.45, 7) is 2.55. The highest BCUT2D eigenvalue weighted by molar-refractivity contribution is 7.09. The van der Waals surface area contributed by atoms with Gasteiger partial charge in [0.05, 0.1) is 7.11 Å². The first-order chi connectivity index (χ1) is 9.20. The van der Waals surface area contributed by atoms with Crippen LogP contribution in [0.3, 0.4) is 0 Å². The Labute approximate surface area is 118 Å². The number of para-hydroxylation sites is 1. The summed E-state index contributed by atoms with van der Waals surface area (Å²) in [6, 6.07) is 10.1. The number of thiophene rings is 1. The van der Waals surface area contributed by atoms with Crippen LogP contribution < -0.4 is 15.2 Å². The van der Waals surface area contributed by atoms with Crippen LogP contribution in [0.25, 0.3) is 0 Å². The summed E-state index contributed by atoms with van der Waals surface area (Å²) in [5.41, 5.74) is 6.97. The molecule has 3 nitrogen and oxygen atoms in total. The van der Waals surface area contributed by atoms with Crippen molar-refractivity contribution < 1.29 is 9.47 Å². The van der Waals surface area contributed by atoms with Gasteiger partial charge in [-0.1, -0.05) is 18.2 Å². The maximum absolute atomic E-state index is 5.93. The van der Waals surface area contributed by atoms with Crippen molar-refractivity contribution in [3.63, 3.8) is 0 Å². The summed E-state index contributed by atoms with van der Waals surface area (Å²) in [4.78, 5) is 1.19. The van der Waals surface area contributed by atoms with Crippen molar-refractivity contribution in [1.82, 2.24) is 0 Å². The SMILES string of the molecule is COc1cccc(CC(C)N)c1OCc1cccs1. The van der Waals surface area contributed by atoms with Gasteiger partial charge in [-0.2, -0.15) is 0 Å². The topological polar surface area (TPSA) is 44.5 Å². The number of methoxy groups -OCH3 is 1. The summed E-state index contributed by atoms with van der Waals surface area (Å²) < 4.78 is 11.3. The second-order valence-corrected chi connectivity index (χ2v) is 5.53. The molecule has 1 aromatic heterocycles. The van der Waals surface area contributed by atoms with Gasteiger partial charge in [0.15, 0.2) is 11.5 Å². The molecular formula is C15H19NO2S. The summed E-state index contributed by atoms with van der Waals surface area (Å²) in [5, 5.41) is 2.05. The zero-order valence-electron chi connectivity index (χ0n) is 11.3. The van der Waals surface area contributed by atoms with Crippen LogP contribution in [0.5, 0.6) is 11.5 Å². The third-order valence-corrected chi connectivity index (χ3v) is 3.61. The van der Waals surface area contributed by atoms with Crippen LogP contribution in [-0.4, -0.2) is 13.2 Å². The lowest BCUT2D eigenvalue weighted by Gasteiger charge is -2.15. The molecule has 0 saturated carbocycles. The Hall–Kier alpha value is -1.52. The number of ether oxygens (including phenoxy) is 2.